The third kappa shape index (κ3) is 1.93. The van der Waals surface area contributed by atoms with Crippen molar-refractivity contribution in [3.63, 3.8) is 0 Å². The van der Waals surface area contributed by atoms with Gasteiger partial charge in [0.25, 0.3) is 11.8 Å². The highest BCUT2D eigenvalue weighted by Crippen LogP contribution is 2.23. The summed E-state index contributed by atoms with van der Waals surface area (Å²) in [6.07, 6.45) is 3.42. The Morgan fingerprint density at radius 3 is 2.26 bits per heavy atom. The van der Waals surface area contributed by atoms with Gasteiger partial charge in [0.05, 0.1) is 17.7 Å². The maximum Gasteiger partial charge on any atom is 0.261 e. The Balaban J connectivity index is 1.92. The lowest BCUT2D eigenvalue weighted by atomic mass is 9.97. The van der Waals surface area contributed by atoms with Crippen molar-refractivity contribution in [2.45, 2.75) is 6.54 Å². The minimum absolute atomic E-state index is 0.234. The Labute approximate surface area is 111 Å². The maximum atomic E-state index is 12.2. The predicted octanol–water partition coefficient (Wildman–Crippen LogP) is 0.136. The Bertz CT molecular complexity index is 650. The van der Waals surface area contributed by atoms with Gasteiger partial charge in [0.15, 0.2) is 0 Å². The summed E-state index contributed by atoms with van der Waals surface area (Å²) in [7, 11) is 1.93. The van der Waals surface area contributed by atoms with Crippen LogP contribution in [0.4, 0.5) is 0 Å². The zero-order valence-electron chi connectivity index (χ0n) is 10.5. The van der Waals surface area contributed by atoms with Crippen LogP contribution in [0.3, 0.4) is 0 Å². The number of hydrogen-bond acceptors (Lipinski definition) is 3. The van der Waals surface area contributed by atoms with Crippen LogP contribution in [0.2, 0.25) is 0 Å². The number of carbonyl (C=O) groups is 2. The predicted molar refractivity (Wildman–Crippen MR) is 73.1 cm³/mol. The minimum Gasteiger partial charge on any atom is -0.270 e. The number of pyridine rings is 1. The zero-order valence-corrected chi connectivity index (χ0v) is 10.5. The quantitative estimate of drug-likeness (QED) is 0.562. The third-order valence-electron chi connectivity index (χ3n) is 3.15. The number of amides is 2. The summed E-state index contributed by atoms with van der Waals surface area (Å²) >= 11 is 0. The van der Waals surface area contributed by atoms with Crippen molar-refractivity contribution in [3.05, 3.63) is 59.4 Å². The first kappa shape index (κ1) is 11.7. The van der Waals surface area contributed by atoms with Crippen molar-refractivity contribution in [2.24, 2.45) is 0 Å². The monoisotopic (exact) mass is 250 g/mol. The smallest absolute Gasteiger partial charge is 0.261 e. The fraction of sp³-hybridized carbons (Fsp3) is 0.0714. The Kier molecular flexibility index (Phi) is 2.67. The average molecular weight is 250 g/mol. The van der Waals surface area contributed by atoms with E-state index in [0.717, 1.165) is 11.0 Å². The van der Waals surface area contributed by atoms with Crippen molar-refractivity contribution >= 4 is 25.1 Å². The van der Waals surface area contributed by atoms with Gasteiger partial charge in [-0.05, 0) is 17.7 Å². The molecule has 0 atom stereocenters. The molecule has 2 heterocycles. The van der Waals surface area contributed by atoms with E-state index in [2.05, 4.69) is 4.98 Å². The molecule has 0 saturated heterocycles. The highest BCUT2D eigenvalue weighted by molar-refractivity contribution is 6.32. The minimum atomic E-state index is -0.234. The van der Waals surface area contributed by atoms with Gasteiger partial charge in [-0.15, -0.1) is 0 Å². The number of nitrogens with zero attached hydrogens (tertiary/aromatic N) is 2. The summed E-state index contributed by atoms with van der Waals surface area (Å²) in [5.74, 6) is -0.468. The summed E-state index contributed by atoms with van der Waals surface area (Å²) in [5, 5.41) is 0. The normalized spacial score (nSPS) is 13.8. The maximum absolute atomic E-state index is 12.2. The van der Waals surface area contributed by atoms with Gasteiger partial charge in [0.1, 0.15) is 7.85 Å². The molecule has 0 N–H and O–H groups in total. The van der Waals surface area contributed by atoms with Gasteiger partial charge in [-0.3, -0.25) is 19.5 Å². The first-order valence-corrected chi connectivity index (χ1v) is 6.02. The highest BCUT2D eigenvalue weighted by Gasteiger charge is 2.34. The van der Waals surface area contributed by atoms with E-state index in [0.29, 0.717) is 11.1 Å². The second-order valence-corrected chi connectivity index (χ2v) is 4.61. The molecule has 5 heteroatoms. The highest BCUT2D eigenvalue weighted by atomic mass is 16.2. The molecule has 4 nitrogen and oxygen atoms in total. The van der Waals surface area contributed by atoms with Gasteiger partial charge < -0.3 is 0 Å². The van der Waals surface area contributed by atoms with Crippen LogP contribution in [0.1, 0.15) is 26.3 Å². The molecule has 92 valence electrons. The number of carbonyl (C=O) groups excluding carboxylic acids is 2. The van der Waals surface area contributed by atoms with E-state index in [1.54, 1.807) is 36.7 Å². The van der Waals surface area contributed by atoms with Gasteiger partial charge in [-0.25, -0.2) is 0 Å². The molecule has 0 radical (unpaired) electrons. The van der Waals surface area contributed by atoms with E-state index in [4.69, 9.17) is 0 Å². The summed E-state index contributed by atoms with van der Waals surface area (Å²) in [5.41, 5.74) is 2.82. The van der Waals surface area contributed by atoms with Crippen LogP contribution in [0, 0.1) is 0 Å². The lowest BCUT2D eigenvalue weighted by molar-refractivity contribution is 0.0642. The molecule has 1 aliphatic heterocycles. The molecular formula is C14H11BN2O2. The standard InChI is InChI=1S/C14H11BN2O2/c15-10-5-9(6-16-7-10)8-17-13(18)11-3-1-2-4-12(11)14(17)19/h1-7H,8,15H2. The van der Waals surface area contributed by atoms with Crippen LogP contribution in [0.15, 0.2) is 42.7 Å². The molecule has 0 saturated carbocycles. The Morgan fingerprint density at radius 2 is 1.68 bits per heavy atom. The van der Waals surface area contributed by atoms with E-state index in [1.165, 1.54) is 4.90 Å². The molecule has 0 bridgehead atoms. The van der Waals surface area contributed by atoms with Crippen LogP contribution in [-0.4, -0.2) is 29.5 Å². The number of fused-ring (bicyclic) bond motifs is 1. The number of hydrogen-bond donors (Lipinski definition) is 0. The number of rotatable bonds is 2. The second-order valence-electron chi connectivity index (χ2n) is 4.61. The van der Waals surface area contributed by atoms with Gasteiger partial charge in [-0.1, -0.05) is 23.7 Å². The van der Waals surface area contributed by atoms with Crippen molar-refractivity contribution in [3.8, 4) is 0 Å². The van der Waals surface area contributed by atoms with Crippen LogP contribution >= 0.6 is 0 Å². The van der Waals surface area contributed by atoms with Crippen molar-refractivity contribution in [2.75, 3.05) is 0 Å². The van der Waals surface area contributed by atoms with Gasteiger partial charge in [0, 0.05) is 12.4 Å². The summed E-state index contributed by atoms with van der Waals surface area (Å²) in [4.78, 5) is 29.7. The van der Waals surface area contributed by atoms with Crippen LogP contribution in [-0.2, 0) is 6.54 Å². The molecule has 1 aliphatic rings. The van der Waals surface area contributed by atoms with Crippen molar-refractivity contribution in [1.82, 2.24) is 9.88 Å². The van der Waals surface area contributed by atoms with Crippen molar-refractivity contribution in [1.29, 1.82) is 0 Å². The topological polar surface area (TPSA) is 50.3 Å². The molecule has 19 heavy (non-hydrogen) atoms. The fourth-order valence-corrected chi connectivity index (χ4v) is 2.27. The molecular weight excluding hydrogens is 239 g/mol. The molecule has 0 unspecified atom stereocenters. The molecule has 0 fully saturated rings. The van der Waals surface area contributed by atoms with E-state index in [1.807, 2.05) is 13.9 Å². The van der Waals surface area contributed by atoms with Crippen LogP contribution in [0.25, 0.3) is 0 Å². The summed E-state index contributed by atoms with van der Waals surface area (Å²) < 4.78 is 0. The molecule has 2 aromatic rings. The molecule has 2 amide bonds. The number of aromatic nitrogens is 1. The molecule has 3 rings (SSSR count). The Morgan fingerprint density at radius 1 is 1.05 bits per heavy atom. The lowest BCUT2D eigenvalue weighted by Gasteiger charge is -2.13. The fourth-order valence-electron chi connectivity index (χ4n) is 2.27. The van der Waals surface area contributed by atoms with Crippen LogP contribution < -0.4 is 5.46 Å². The molecule has 0 aliphatic carbocycles. The van der Waals surface area contributed by atoms with Crippen molar-refractivity contribution < 1.29 is 9.59 Å². The lowest BCUT2D eigenvalue weighted by Crippen LogP contribution is -2.29. The third-order valence-corrected chi connectivity index (χ3v) is 3.15. The first-order chi connectivity index (χ1) is 9.16. The zero-order chi connectivity index (χ0) is 13.4. The first-order valence-electron chi connectivity index (χ1n) is 6.02. The van der Waals surface area contributed by atoms with E-state index in [9.17, 15) is 9.59 Å². The molecule has 1 aromatic heterocycles. The van der Waals surface area contributed by atoms with Gasteiger partial charge in [0.2, 0.25) is 0 Å². The van der Waals surface area contributed by atoms with Gasteiger partial charge in [-0.2, -0.15) is 0 Å². The SMILES string of the molecule is Bc1cncc(CN2C(=O)c3ccccc3C2=O)c1. The second kappa shape index (κ2) is 4.35. The largest absolute Gasteiger partial charge is 0.270 e. The summed E-state index contributed by atoms with van der Waals surface area (Å²) in [6.45, 7) is 0.265. The Hall–Kier alpha value is -2.43. The van der Waals surface area contributed by atoms with E-state index < -0.39 is 0 Å². The summed E-state index contributed by atoms with van der Waals surface area (Å²) in [6, 6.07) is 8.83. The number of benzene rings is 1. The molecule has 1 aromatic carbocycles. The molecule has 0 spiro atoms. The van der Waals surface area contributed by atoms with E-state index in [-0.39, 0.29) is 18.4 Å². The van der Waals surface area contributed by atoms with Crippen LogP contribution in [0.5, 0.6) is 0 Å². The number of imide groups is 1. The van der Waals surface area contributed by atoms with E-state index >= 15 is 0 Å². The average Bonchev–Trinajstić information content (AvgIpc) is 2.65. The van der Waals surface area contributed by atoms with Gasteiger partial charge >= 0.3 is 0 Å².